The third-order valence-electron chi connectivity index (χ3n) is 4.33. The van der Waals surface area contributed by atoms with Crippen molar-refractivity contribution >= 4 is 3.32 Å². The Bertz CT molecular complexity index is 675. The number of halogens is 2. The van der Waals surface area contributed by atoms with E-state index in [1.165, 1.54) is 38.9 Å². The Morgan fingerprint density at radius 3 is 2.00 bits per heavy atom. The molecule has 3 heteroatoms. The molecule has 20 heavy (non-hydrogen) atoms. The first-order valence-electron chi connectivity index (χ1n) is 6.44. The van der Waals surface area contributed by atoms with E-state index < -0.39 is 0 Å². The van der Waals surface area contributed by atoms with Crippen LogP contribution in [0.2, 0.25) is 0 Å². The second-order valence-electron chi connectivity index (χ2n) is 5.49. The molecule has 1 aliphatic rings. The minimum Gasteiger partial charge on any atom is -1.00 e. The van der Waals surface area contributed by atoms with Crippen molar-refractivity contribution in [1.29, 1.82) is 0 Å². The van der Waals surface area contributed by atoms with Crippen LogP contribution in [0.5, 0.6) is 0 Å². The quantitative estimate of drug-likeness (QED) is 0.324. The average molecular weight is 471 g/mol. The zero-order chi connectivity index (χ0) is 13.0. The first-order valence-corrected chi connectivity index (χ1v) is 8.24. The molecule has 3 rings (SSSR count). The predicted molar refractivity (Wildman–Crippen MR) is 73.3 cm³/mol. The number of rotatable bonds is 0. The summed E-state index contributed by atoms with van der Waals surface area (Å²) in [5, 5.41) is 0. The zero-order valence-electron chi connectivity index (χ0n) is 12.2. The molecule has 0 aromatic heterocycles. The summed E-state index contributed by atoms with van der Waals surface area (Å²) in [6.45, 7) is 8.96. The summed E-state index contributed by atoms with van der Waals surface area (Å²) in [5.74, 6) is 0. The number of fused-ring (bicyclic) bond motifs is 3. The van der Waals surface area contributed by atoms with E-state index in [2.05, 4.69) is 45.9 Å². The Kier molecular flexibility index (Phi) is 5.68. The summed E-state index contributed by atoms with van der Waals surface area (Å²) in [4.78, 5) is 0. The summed E-state index contributed by atoms with van der Waals surface area (Å²) >= 11 is 1.15. The summed E-state index contributed by atoms with van der Waals surface area (Å²) < 4.78 is 1.62. The average Bonchev–Trinajstić information content (AvgIpc) is 2.66. The van der Waals surface area contributed by atoms with Gasteiger partial charge < -0.3 is 24.8 Å². The van der Waals surface area contributed by atoms with Crippen LogP contribution in [0.1, 0.15) is 33.4 Å². The van der Waals surface area contributed by atoms with Gasteiger partial charge in [0.05, 0.1) is 0 Å². The first-order chi connectivity index (χ1) is 8.49. The van der Waals surface area contributed by atoms with Gasteiger partial charge in [-0.1, -0.05) is 0 Å². The second-order valence-corrected chi connectivity index (χ2v) is 7.29. The summed E-state index contributed by atoms with van der Waals surface area (Å²) in [6.07, 6.45) is 1.14. The molecule has 0 spiro atoms. The maximum absolute atomic E-state index is 2.40. The van der Waals surface area contributed by atoms with Gasteiger partial charge in [0.25, 0.3) is 0 Å². The fourth-order valence-electron chi connectivity index (χ4n) is 2.86. The molecule has 0 unspecified atom stereocenters. The fraction of sp³-hybridized carbons (Fsp3) is 0.294. The van der Waals surface area contributed by atoms with Crippen LogP contribution in [-0.2, 0) is 30.8 Å². The van der Waals surface area contributed by atoms with Crippen molar-refractivity contribution < 1.29 is 49.2 Å². The van der Waals surface area contributed by atoms with E-state index in [0.29, 0.717) is 0 Å². The maximum Gasteiger partial charge on any atom is -1.00 e. The van der Waals surface area contributed by atoms with Gasteiger partial charge in [0.2, 0.25) is 0 Å². The Hall–Kier alpha value is -0.110. The molecular formula is C17H17Cl2Hf. The molecule has 0 N–H and O–H groups in total. The molecule has 0 saturated carbocycles. The number of hydrogen-bond acceptors (Lipinski definition) is 0. The molecule has 0 atom stereocenters. The summed E-state index contributed by atoms with van der Waals surface area (Å²) in [5.41, 5.74) is 11.9. The smallest absolute Gasteiger partial charge is 1.00 e. The third kappa shape index (κ3) is 2.65. The molecule has 0 saturated heterocycles. The topological polar surface area (TPSA) is 0 Å². The molecule has 0 radical (unpaired) electrons. The Morgan fingerprint density at radius 1 is 0.800 bits per heavy atom. The Morgan fingerprint density at radius 2 is 1.35 bits per heavy atom. The molecule has 0 fully saturated rings. The van der Waals surface area contributed by atoms with Crippen LogP contribution in [0.4, 0.5) is 0 Å². The van der Waals surface area contributed by atoms with E-state index in [0.717, 1.165) is 30.8 Å². The van der Waals surface area contributed by atoms with Gasteiger partial charge >= 0.3 is 125 Å². The Balaban J connectivity index is 0.000001000. The van der Waals surface area contributed by atoms with Crippen molar-refractivity contribution in [3.05, 3.63) is 51.6 Å². The van der Waals surface area contributed by atoms with Crippen molar-refractivity contribution in [3.63, 3.8) is 0 Å². The van der Waals surface area contributed by atoms with Crippen molar-refractivity contribution in [1.82, 2.24) is 0 Å². The first kappa shape index (κ1) is 17.9. The van der Waals surface area contributed by atoms with Gasteiger partial charge in [-0.3, -0.25) is 0 Å². The van der Waals surface area contributed by atoms with Gasteiger partial charge in [-0.2, -0.15) is 0 Å². The SMILES string of the molecule is Cc1cc2c(cc1C)-c1cc(C)c(C)[c]([Hf+2])c1C2.[Cl-].[Cl-]. The van der Waals surface area contributed by atoms with Gasteiger partial charge in [0.1, 0.15) is 0 Å². The van der Waals surface area contributed by atoms with Crippen molar-refractivity contribution in [2.45, 2.75) is 34.1 Å². The molecule has 2 aromatic rings. The molecule has 103 valence electrons. The van der Waals surface area contributed by atoms with E-state index in [1.807, 2.05) is 0 Å². The summed E-state index contributed by atoms with van der Waals surface area (Å²) in [7, 11) is 0. The molecule has 0 amide bonds. The number of hydrogen-bond donors (Lipinski definition) is 0. The molecule has 0 heterocycles. The van der Waals surface area contributed by atoms with E-state index >= 15 is 0 Å². The van der Waals surface area contributed by atoms with Crippen LogP contribution in [-0.4, -0.2) is 0 Å². The van der Waals surface area contributed by atoms with Crippen LogP contribution < -0.4 is 28.1 Å². The molecule has 0 nitrogen and oxygen atoms in total. The van der Waals surface area contributed by atoms with Crippen LogP contribution in [0.25, 0.3) is 11.1 Å². The number of aryl methyl sites for hydroxylation is 3. The maximum atomic E-state index is 2.40. The van der Waals surface area contributed by atoms with Crippen LogP contribution >= 0.6 is 0 Å². The van der Waals surface area contributed by atoms with Crippen molar-refractivity contribution in [2.24, 2.45) is 0 Å². The fourth-order valence-corrected chi connectivity index (χ4v) is 4.37. The molecule has 0 aliphatic heterocycles. The minimum absolute atomic E-state index is 0. The zero-order valence-corrected chi connectivity index (χ0v) is 17.3. The van der Waals surface area contributed by atoms with Gasteiger partial charge in [-0.05, 0) is 0 Å². The van der Waals surface area contributed by atoms with E-state index in [1.54, 1.807) is 8.88 Å². The molecular weight excluding hydrogens is 454 g/mol. The normalized spacial score (nSPS) is 11.3. The molecule has 2 aromatic carbocycles. The monoisotopic (exact) mass is 471 g/mol. The predicted octanol–water partition coefficient (Wildman–Crippen LogP) is -2.33. The van der Waals surface area contributed by atoms with Gasteiger partial charge in [0.15, 0.2) is 0 Å². The Labute approximate surface area is 148 Å². The van der Waals surface area contributed by atoms with E-state index in [-0.39, 0.29) is 24.8 Å². The third-order valence-corrected chi connectivity index (χ3v) is 6.76. The largest absolute Gasteiger partial charge is 1.00 e. The summed E-state index contributed by atoms with van der Waals surface area (Å²) in [6, 6.07) is 7.16. The molecule has 1 aliphatic carbocycles. The van der Waals surface area contributed by atoms with E-state index in [9.17, 15) is 0 Å². The second kappa shape index (κ2) is 6.34. The molecule has 0 bridgehead atoms. The van der Waals surface area contributed by atoms with Gasteiger partial charge in [-0.25, -0.2) is 0 Å². The minimum atomic E-state index is 0. The van der Waals surface area contributed by atoms with Gasteiger partial charge in [-0.15, -0.1) is 0 Å². The van der Waals surface area contributed by atoms with Crippen LogP contribution in [0, 0.1) is 27.7 Å². The number of benzene rings is 2. The standard InChI is InChI=1S/C17H17.2ClH.Hf/c1-10-5-14-9-15-6-11(2)13(4)8-17(15)16(14)7-12(10)3;;;/h5,7-8H,9H2,1-4H3;2*1H;/q;;;+2/p-2. The van der Waals surface area contributed by atoms with Gasteiger partial charge in [0, 0.05) is 0 Å². The van der Waals surface area contributed by atoms with Crippen LogP contribution in [0.3, 0.4) is 0 Å². The van der Waals surface area contributed by atoms with E-state index in [4.69, 9.17) is 0 Å². The van der Waals surface area contributed by atoms with Crippen molar-refractivity contribution in [2.75, 3.05) is 0 Å². The van der Waals surface area contributed by atoms with Crippen LogP contribution in [0.15, 0.2) is 18.2 Å². The van der Waals surface area contributed by atoms with Crippen molar-refractivity contribution in [3.8, 4) is 11.1 Å².